The first kappa shape index (κ1) is 19.4. The predicted molar refractivity (Wildman–Crippen MR) is 107 cm³/mol. The number of carbonyl (C=O) groups excluding carboxylic acids is 2. The molecule has 2 amide bonds. The van der Waals surface area contributed by atoms with Gasteiger partial charge in [-0.2, -0.15) is 0 Å². The van der Waals surface area contributed by atoms with Crippen LogP contribution in [0, 0.1) is 0 Å². The first-order valence-corrected chi connectivity index (χ1v) is 9.51. The van der Waals surface area contributed by atoms with Gasteiger partial charge in [-0.1, -0.05) is 23.7 Å². The highest BCUT2D eigenvalue weighted by Gasteiger charge is 2.34. The van der Waals surface area contributed by atoms with E-state index in [0.29, 0.717) is 22.2 Å². The Morgan fingerprint density at radius 3 is 2.67 bits per heavy atom. The molecule has 0 aliphatic carbocycles. The average Bonchev–Trinajstić information content (AvgIpc) is 2.77. The lowest BCUT2D eigenvalue weighted by Crippen LogP contribution is -2.29. The molecule has 0 spiro atoms. The van der Waals surface area contributed by atoms with Gasteiger partial charge in [0.25, 0.3) is 0 Å². The third kappa shape index (κ3) is 3.99. The molecule has 0 saturated heterocycles. The zero-order chi connectivity index (χ0) is 19.6. The molecular weight excluding hydrogens is 388 g/mol. The monoisotopic (exact) mass is 406 g/mol. The number of nitrogens with two attached hydrogens (primary N) is 1. The van der Waals surface area contributed by atoms with E-state index in [1.807, 2.05) is 12.1 Å². The number of primary amides is 1. The number of hydrogen-bond acceptors (Lipinski definition) is 5. The number of benzene rings is 2. The maximum atomic E-state index is 12.6. The van der Waals surface area contributed by atoms with Gasteiger partial charge < -0.3 is 20.5 Å². The fourth-order valence-electron chi connectivity index (χ4n) is 3.06. The van der Waals surface area contributed by atoms with Crippen LogP contribution in [0.1, 0.15) is 22.8 Å². The maximum Gasteiger partial charge on any atom is 0.238 e. The third-order valence-corrected chi connectivity index (χ3v) is 5.97. The fourth-order valence-corrected chi connectivity index (χ4v) is 4.69. The van der Waals surface area contributed by atoms with Gasteiger partial charge in [-0.25, -0.2) is 0 Å². The SMILES string of the molecule is COc1cccc([C@@H]2S[C@@H](CC(N)=O)C(=O)Nc3ccc(Cl)cc32)c1OC. The number of thioether (sulfide) groups is 1. The minimum atomic E-state index is -0.644. The number of carbonyl (C=O) groups is 2. The summed E-state index contributed by atoms with van der Waals surface area (Å²) in [4.78, 5) is 24.1. The molecule has 0 unspecified atom stereocenters. The molecule has 2 aromatic rings. The summed E-state index contributed by atoms with van der Waals surface area (Å²) in [5, 5.41) is 2.46. The summed E-state index contributed by atoms with van der Waals surface area (Å²) in [6.45, 7) is 0. The van der Waals surface area contributed by atoms with Crippen LogP contribution in [0.25, 0.3) is 0 Å². The standard InChI is InChI=1S/C19H19ClN2O4S/c1-25-14-5-3-4-11(17(14)26-2)18-12-8-10(20)6-7-13(12)22-19(24)15(27-18)9-16(21)23/h3-8,15,18H,9H2,1-2H3,(H2,21,23)(H,22,24)/t15-,18-/m0/s1. The van der Waals surface area contributed by atoms with Gasteiger partial charge in [-0.05, 0) is 29.8 Å². The summed E-state index contributed by atoms with van der Waals surface area (Å²) >= 11 is 7.55. The molecule has 142 valence electrons. The van der Waals surface area contributed by atoms with Crippen LogP contribution in [0.2, 0.25) is 5.02 Å². The van der Waals surface area contributed by atoms with E-state index in [-0.39, 0.29) is 17.6 Å². The second-order valence-corrected chi connectivity index (χ2v) is 7.73. The van der Waals surface area contributed by atoms with Crippen LogP contribution in [-0.2, 0) is 9.59 Å². The number of fused-ring (bicyclic) bond motifs is 1. The second kappa shape index (κ2) is 8.10. The molecule has 27 heavy (non-hydrogen) atoms. The van der Waals surface area contributed by atoms with Crippen molar-refractivity contribution in [3.8, 4) is 11.5 Å². The summed E-state index contributed by atoms with van der Waals surface area (Å²) in [5.41, 5.74) is 7.63. The van der Waals surface area contributed by atoms with Gasteiger partial charge in [0, 0.05) is 22.7 Å². The van der Waals surface area contributed by atoms with E-state index in [0.717, 1.165) is 11.1 Å². The second-order valence-electron chi connectivity index (χ2n) is 5.98. The van der Waals surface area contributed by atoms with E-state index < -0.39 is 11.2 Å². The topological polar surface area (TPSA) is 90.7 Å². The summed E-state index contributed by atoms with van der Waals surface area (Å²) in [5.74, 6) is 0.333. The van der Waals surface area contributed by atoms with Crippen molar-refractivity contribution >= 4 is 40.9 Å². The van der Waals surface area contributed by atoms with Crippen molar-refractivity contribution in [2.45, 2.75) is 16.9 Å². The normalized spacial score (nSPS) is 18.9. The number of amides is 2. The average molecular weight is 407 g/mol. The molecule has 3 rings (SSSR count). The number of nitrogens with one attached hydrogen (secondary N) is 1. The number of ether oxygens (including phenoxy) is 2. The van der Waals surface area contributed by atoms with E-state index in [1.165, 1.54) is 11.8 Å². The highest BCUT2D eigenvalue weighted by molar-refractivity contribution is 8.01. The molecule has 2 aromatic carbocycles. The zero-order valence-electron chi connectivity index (χ0n) is 14.8. The van der Waals surface area contributed by atoms with E-state index >= 15 is 0 Å². The third-order valence-electron chi connectivity index (χ3n) is 4.25. The molecule has 1 heterocycles. The van der Waals surface area contributed by atoms with Gasteiger partial charge in [0.2, 0.25) is 11.8 Å². The van der Waals surface area contributed by atoms with Crippen molar-refractivity contribution < 1.29 is 19.1 Å². The van der Waals surface area contributed by atoms with Crippen LogP contribution in [0.5, 0.6) is 11.5 Å². The van der Waals surface area contributed by atoms with Crippen LogP contribution >= 0.6 is 23.4 Å². The molecule has 0 saturated carbocycles. The van der Waals surface area contributed by atoms with Gasteiger partial charge in [-0.3, -0.25) is 9.59 Å². The predicted octanol–water partition coefficient (Wildman–Crippen LogP) is 3.38. The van der Waals surface area contributed by atoms with Crippen molar-refractivity contribution in [1.82, 2.24) is 0 Å². The Bertz CT molecular complexity index is 890. The molecule has 2 atom stereocenters. The summed E-state index contributed by atoms with van der Waals surface area (Å²) in [7, 11) is 3.12. The van der Waals surface area contributed by atoms with Crippen molar-refractivity contribution in [1.29, 1.82) is 0 Å². The van der Waals surface area contributed by atoms with Crippen LogP contribution in [-0.4, -0.2) is 31.3 Å². The number of rotatable bonds is 5. The number of hydrogen-bond donors (Lipinski definition) is 2. The molecule has 3 N–H and O–H groups in total. The lowest BCUT2D eigenvalue weighted by atomic mass is 10.0. The molecule has 8 heteroatoms. The summed E-state index contributed by atoms with van der Waals surface area (Å²) in [6, 6.07) is 10.8. The Morgan fingerprint density at radius 2 is 2.00 bits per heavy atom. The smallest absolute Gasteiger partial charge is 0.238 e. The molecule has 0 aromatic heterocycles. The van der Waals surface area contributed by atoms with Gasteiger partial charge in [-0.15, -0.1) is 11.8 Å². The van der Waals surface area contributed by atoms with Gasteiger partial charge in [0.1, 0.15) is 0 Å². The first-order valence-electron chi connectivity index (χ1n) is 8.19. The fraction of sp³-hybridized carbons (Fsp3) is 0.263. The Kier molecular flexibility index (Phi) is 5.82. The highest BCUT2D eigenvalue weighted by atomic mass is 35.5. The van der Waals surface area contributed by atoms with E-state index in [2.05, 4.69) is 5.32 Å². The van der Waals surface area contributed by atoms with Crippen LogP contribution in [0.4, 0.5) is 5.69 Å². The number of anilines is 1. The van der Waals surface area contributed by atoms with E-state index in [1.54, 1.807) is 38.5 Å². The minimum Gasteiger partial charge on any atom is -0.493 e. The first-order chi connectivity index (χ1) is 12.9. The molecule has 1 aliphatic rings. The Labute approximate surface area is 166 Å². The van der Waals surface area contributed by atoms with Crippen molar-refractivity contribution in [3.63, 3.8) is 0 Å². The Balaban J connectivity index is 2.18. The molecule has 0 fully saturated rings. The van der Waals surface area contributed by atoms with Crippen molar-refractivity contribution in [2.75, 3.05) is 19.5 Å². The van der Waals surface area contributed by atoms with Crippen molar-refractivity contribution in [2.24, 2.45) is 5.73 Å². The van der Waals surface area contributed by atoms with Crippen LogP contribution in [0.15, 0.2) is 36.4 Å². The van der Waals surface area contributed by atoms with Crippen LogP contribution < -0.4 is 20.5 Å². The lowest BCUT2D eigenvalue weighted by Gasteiger charge is -2.23. The Morgan fingerprint density at radius 1 is 1.22 bits per heavy atom. The maximum absolute atomic E-state index is 12.6. The van der Waals surface area contributed by atoms with Crippen molar-refractivity contribution in [3.05, 3.63) is 52.5 Å². The van der Waals surface area contributed by atoms with Gasteiger partial charge in [0.05, 0.1) is 24.7 Å². The molecule has 0 bridgehead atoms. The summed E-state index contributed by atoms with van der Waals surface area (Å²) in [6.07, 6.45) is -0.0684. The number of methoxy groups -OCH3 is 2. The number of halogens is 1. The molecule has 1 aliphatic heterocycles. The minimum absolute atomic E-state index is 0.0684. The molecular formula is C19H19ClN2O4S. The molecule has 6 nitrogen and oxygen atoms in total. The van der Waals surface area contributed by atoms with E-state index in [4.69, 9.17) is 26.8 Å². The largest absolute Gasteiger partial charge is 0.493 e. The summed E-state index contributed by atoms with van der Waals surface area (Å²) < 4.78 is 11.0. The molecule has 0 radical (unpaired) electrons. The zero-order valence-corrected chi connectivity index (χ0v) is 16.4. The van der Waals surface area contributed by atoms with Gasteiger partial charge >= 0.3 is 0 Å². The van der Waals surface area contributed by atoms with Gasteiger partial charge in [0.15, 0.2) is 11.5 Å². The van der Waals surface area contributed by atoms with Crippen LogP contribution in [0.3, 0.4) is 0 Å². The Hall–Kier alpha value is -2.38. The number of para-hydroxylation sites is 1. The quantitative estimate of drug-likeness (QED) is 0.794. The van der Waals surface area contributed by atoms with E-state index in [9.17, 15) is 9.59 Å². The highest BCUT2D eigenvalue weighted by Crippen LogP contribution is 2.49. The lowest BCUT2D eigenvalue weighted by molar-refractivity contribution is -0.121.